The second kappa shape index (κ2) is 3.26. The number of aromatic amines is 1. The summed E-state index contributed by atoms with van der Waals surface area (Å²) in [4.78, 5) is 17.5. The van der Waals surface area contributed by atoms with Gasteiger partial charge in [0.05, 0.1) is 0 Å². The van der Waals surface area contributed by atoms with Crippen LogP contribution in [0.5, 0.6) is 0 Å². The van der Waals surface area contributed by atoms with E-state index in [1.807, 2.05) is 0 Å². The van der Waals surface area contributed by atoms with E-state index in [2.05, 4.69) is 9.98 Å². The van der Waals surface area contributed by atoms with Crippen molar-refractivity contribution in [2.24, 2.45) is 17.8 Å². The fourth-order valence-corrected chi connectivity index (χ4v) is 0.972. The van der Waals surface area contributed by atoms with Crippen molar-refractivity contribution in [1.29, 1.82) is 5.41 Å². The number of rotatable bonds is 2. The summed E-state index contributed by atoms with van der Waals surface area (Å²) in [6.45, 7) is 1.72. The first kappa shape index (κ1) is 9.24. The summed E-state index contributed by atoms with van der Waals surface area (Å²) in [7, 11) is 1.56. The lowest BCUT2D eigenvalue weighted by Gasteiger charge is -1.96. The van der Waals surface area contributed by atoms with Crippen LogP contribution in [0.15, 0.2) is 9.79 Å². The van der Waals surface area contributed by atoms with Gasteiger partial charge in [-0.25, -0.2) is 9.79 Å². The van der Waals surface area contributed by atoms with E-state index in [1.165, 1.54) is 10.8 Å². The second-order valence-electron chi connectivity index (χ2n) is 2.49. The fourth-order valence-electron chi connectivity index (χ4n) is 0.972. The van der Waals surface area contributed by atoms with E-state index >= 15 is 0 Å². The molecule has 0 atom stereocenters. The molecule has 1 heterocycles. The van der Waals surface area contributed by atoms with E-state index in [4.69, 9.17) is 11.1 Å². The molecule has 0 aromatic carbocycles. The average molecular weight is 181 g/mol. The third-order valence-electron chi connectivity index (χ3n) is 1.60. The third-order valence-corrected chi connectivity index (χ3v) is 1.60. The molecule has 6 heteroatoms. The molecule has 1 aromatic rings. The lowest BCUT2D eigenvalue weighted by atomic mass is 10.4. The molecule has 6 nitrogen and oxygen atoms in total. The first-order chi connectivity index (χ1) is 6.07. The van der Waals surface area contributed by atoms with Gasteiger partial charge in [-0.15, -0.1) is 0 Å². The van der Waals surface area contributed by atoms with Crippen LogP contribution in [0.2, 0.25) is 0 Å². The predicted molar refractivity (Wildman–Crippen MR) is 50.9 cm³/mol. The van der Waals surface area contributed by atoms with Gasteiger partial charge in [-0.05, 0) is 6.92 Å². The lowest BCUT2D eigenvalue weighted by Crippen LogP contribution is -2.14. The van der Waals surface area contributed by atoms with Crippen molar-refractivity contribution < 1.29 is 0 Å². The lowest BCUT2D eigenvalue weighted by molar-refractivity contribution is 0.863. The third kappa shape index (κ3) is 1.51. The minimum atomic E-state index is -0.328. The molecule has 70 valence electrons. The quantitative estimate of drug-likeness (QED) is 0.431. The van der Waals surface area contributed by atoms with Crippen LogP contribution in [-0.4, -0.2) is 21.6 Å². The Morgan fingerprint density at radius 2 is 2.38 bits per heavy atom. The highest BCUT2D eigenvalue weighted by molar-refractivity contribution is 5.97. The minimum absolute atomic E-state index is 0.196. The number of hydrogen-bond donors (Lipinski definition) is 3. The molecule has 0 bridgehead atoms. The summed E-state index contributed by atoms with van der Waals surface area (Å²) in [5.74, 6) is 0.179. The summed E-state index contributed by atoms with van der Waals surface area (Å²) in [5, 5.41) is 7.19. The van der Waals surface area contributed by atoms with Crippen molar-refractivity contribution >= 4 is 17.9 Å². The Labute approximate surface area is 74.6 Å². The van der Waals surface area contributed by atoms with E-state index < -0.39 is 0 Å². The van der Waals surface area contributed by atoms with E-state index in [-0.39, 0.29) is 17.2 Å². The molecule has 0 aliphatic heterocycles. The Hall–Kier alpha value is -1.85. The Morgan fingerprint density at radius 1 is 1.77 bits per heavy atom. The molecular weight excluding hydrogens is 170 g/mol. The van der Waals surface area contributed by atoms with Gasteiger partial charge in [0, 0.05) is 13.3 Å². The molecule has 1 aromatic heterocycles. The summed E-state index contributed by atoms with van der Waals surface area (Å²) < 4.78 is 1.30. The van der Waals surface area contributed by atoms with Crippen LogP contribution in [0.1, 0.15) is 12.6 Å². The average Bonchev–Trinajstić information content (AvgIpc) is 2.33. The maximum Gasteiger partial charge on any atom is 0.327 e. The molecule has 0 aliphatic rings. The first-order valence-corrected chi connectivity index (χ1v) is 3.70. The van der Waals surface area contributed by atoms with Gasteiger partial charge in [0.15, 0.2) is 5.82 Å². The van der Waals surface area contributed by atoms with Crippen molar-refractivity contribution in [1.82, 2.24) is 9.55 Å². The van der Waals surface area contributed by atoms with E-state index in [0.29, 0.717) is 5.82 Å². The highest BCUT2D eigenvalue weighted by Gasteiger charge is 2.11. The van der Waals surface area contributed by atoms with Crippen LogP contribution < -0.4 is 11.4 Å². The number of aromatic nitrogens is 2. The zero-order valence-electron chi connectivity index (χ0n) is 7.46. The highest BCUT2D eigenvalue weighted by Crippen LogP contribution is 2.12. The van der Waals surface area contributed by atoms with Crippen LogP contribution in [0, 0.1) is 5.41 Å². The van der Waals surface area contributed by atoms with Crippen LogP contribution >= 0.6 is 0 Å². The van der Waals surface area contributed by atoms with Gasteiger partial charge in [0.1, 0.15) is 11.5 Å². The number of H-pyrrole nitrogens is 1. The van der Waals surface area contributed by atoms with Crippen molar-refractivity contribution in [3.63, 3.8) is 0 Å². The zero-order chi connectivity index (χ0) is 10.0. The van der Waals surface area contributed by atoms with Crippen LogP contribution in [0.25, 0.3) is 0 Å². The van der Waals surface area contributed by atoms with Gasteiger partial charge < -0.3 is 10.7 Å². The Kier molecular flexibility index (Phi) is 2.32. The van der Waals surface area contributed by atoms with Gasteiger partial charge in [0.25, 0.3) is 0 Å². The first-order valence-electron chi connectivity index (χ1n) is 3.70. The topological polar surface area (TPSA) is 100 Å². The number of hydrogen-bond acceptors (Lipinski definition) is 3. The SMILES string of the molecule is CC=Nc1c(C(=N)N)[nH]c(=O)n1C. The summed E-state index contributed by atoms with van der Waals surface area (Å²) >= 11 is 0. The number of amidine groups is 1. The fraction of sp³-hybridized carbons (Fsp3) is 0.286. The minimum Gasteiger partial charge on any atom is -0.382 e. The molecule has 0 saturated heterocycles. The van der Waals surface area contributed by atoms with Crippen molar-refractivity contribution in [3.05, 3.63) is 16.2 Å². The highest BCUT2D eigenvalue weighted by atomic mass is 16.1. The second-order valence-corrected chi connectivity index (χ2v) is 2.49. The van der Waals surface area contributed by atoms with Crippen LogP contribution in [0.3, 0.4) is 0 Å². The standard InChI is InChI=1S/C7H11N5O/c1-3-10-6-4(5(8)9)11-7(13)12(6)2/h3H,1-2H3,(H3,8,9)(H,11,13). The van der Waals surface area contributed by atoms with Crippen molar-refractivity contribution in [2.75, 3.05) is 0 Å². The molecule has 13 heavy (non-hydrogen) atoms. The Morgan fingerprint density at radius 3 is 2.85 bits per heavy atom. The predicted octanol–water partition coefficient (Wildman–Crippen LogP) is -0.280. The number of nitrogens with two attached hydrogens (primary N) is 1. The largest absolute Gasteiger partial charge is 0.382 e. The number of imidazole rings is 1. The molecular formula is C7H11N5O. The number of nitrogens with zero attached hydrogens (tertiary/aromatic N) is 2. The summed E-state index contributed by atoms with van der Waals surface area (Å²) in [5.41, 5.74) is 5.18. The zero-order valence-corrected chi connectivity index (χ0v) is 7.46. The number of nitrogens with one attached hydrogen (secondary N) is 2. The van der Waals surface area contributed by atoms with E-state index in [1.54, 1.807) is 14.0 Å². The van der Waals surface area contributed by atoms with Crippen LogP contribution in [0.4, 0.5) is 5.82 Å². The summed E-state index contributed by atoms with van der Waals surface area (Å²) in [6, 6.07) is 0. The molecule has 0 saturated carbocycles. The maximum atomic E-state index is 11.1. The smallest absolute Gasteiger partial charge is 0.327 e. The van der Waals surface area contributed by atoms with E-state index in [9.17, 15) is 4.79 Å². The Balaban J connectivity index is 3.44. The number of aliphatic imine (C=N–C) groups is 1. The molecule has 0 aliphatic carbocycles. The van der Waals surface area contributed by atoms with Gasteiger partial charge in [-0.3, -0.25) is 9.98 Å². The summed E-state index contributed by atoms with van der Waals surface area (Å²) in [6.07, 6.45) is 1.54. The molecule has 1 rings (SSSR count). The van der Waals surface area contributed by atoms with Gasteiger partial charge >= 0.3 is 5.69 Å². The normalized spacial score (nSPS) is 10.9. The van der Waals surface area contributed by atoms with Crippen LogP contribution in [-0.2, 0) is 7.05 Å². The van der Waals surface area contributed by atoms with Gasteiger partial charge in [0.2, 0.25) is 0 Å². The molecule has 0 radical (unpaired) electrons. The molecule has 0 fully saturated rings. The maximum absolute atomic E-state index is 11.1. The van der Waals surface area contributed by atoms with Crippen molar-refractivity contribution in [2.45, 2.75) is 6.92 Å². The Bertz CT molecular complexity index is 411. The monoisotopic (exact) mass is 181 g/mol. The van der Waals surface area contributed by atoms with Crippen molar-refractivity contribution in [3.8, 4) is 0 Å². The van der Waals surface area contributed by atoms with E-state index in [0.717, 1.165) is 0 Å². The molecule has 0 unspecified atom stereocenters. The molecule has 4 N–H and O–H groups in total. The van der Waals surface area contributed by atoms with Gasteiger partial charge in [-0.1, -0.05) is 0 Å². The number of nitrogen functional groups attached to an aromatic ring is 1. The van der Waals surface area contributed by atoms with Gasteiger partial charge in [-0.2, -0.15) is 0 Å². The molecule has 0 amide bonds. The molecule has 0 spiro atoms.